The Kier molecular flexibility index (Phi) is 3.48. The van der Waals surface area contributed by atoms with Crippen LogP contribution >= 0.6 is 0 Å². The topological polar surface area (TPSA) is 128 Å². The Balaban J connectivity index is 2.15. The van der Waals surface area contributed by atoms with E-state index in [2.05, 4.69) is 20.4 Å². The summed E-state index contributed by atoms with van der Waals surface area (Å²) in [6, 6.07) is 0. The first-order valence-electron chi connectivity index (χ1n) is 5.23. The molecule has 9 heteroatoms. The largest absolute Gasteiger partial charge is 0.305 e. The van der Waals surface area contributed by atoms with E-state index in [1.54, 1.807) is 13.2 Å². The molecule has 2 aromatic heterocycles. The second-order valence-electron chi connectivity index (χ2n) is 3.62. The molecule has 0 saturated carbocycles. The van der Waals surface area contributed by atoms with E-state index in [0.29, 0.717) is 5.56 Å². The number of nitrogens with two attached hydrogens (primary N) is 1. The molecular formula is C10H11N7O2. The summed E-state index contributed by atoms with van der Waals surface area (Å²) in [5.74, 6) is 4.14. The van der Waals surface area contributed by atoms with Gasteiger partial charge in [0.25, 0.3) is 11.8 Å². The Hall–Kier alpha value is -2.81. The van der Waals surface area contributed by atoms with Crippen molar-refractivity contribution in [3.05, 3.63) is 36.0 Å². The number of carbonyl (C=O) groups excluding carboxylic acids is 2. The second-order valence-corrected chi connectivity index (χ2v) is 3.62. The maximum atomic E-state index is 11.8. The van der Waals surface area contributed by atoms with Gasteiger partial charge in [0.05, 0.1) is 24.2 Å². The molecule has 0 aliphatic heterocycles. The number of hydrogen-bond donors (Lipinski definition) is 3. The fraction of sp³-hybridized carbons (Fsp3) is 0.100. The molecule has 0 spiro atoms. The summed E-state index contributed by atoms with van der Waals surface area (Å²) >= 11 is 0. The molecule has 0 atom stereocenters. The molecule has 0 bridgehead atoms. The molecule has 0 aliphatic carbocycles. The van der Waals surface area contributed by atoms with Gasteiger partial charge >= 0.3 is 0 Å². The minimum absolute atomic E-state index is 0.00601. The average molecular weight is 261 g/mol. The first-order chi connectivity index (χ1) is 9.10. The molecule has 2 amide bonds. The lowest BCUT2D eigenvalue weighted by Crippen LogP contribution is -2.31. The number of anilines is 1. The van der Waals surface area contributed by atoms with Gasteiger partial charge in [-0.05, 0) is 0 Å². The predicted molar refractivity (Wildman–Crippen MR) is 64.8 cm³/mol. The Labute approximate surface area is 107 Å². The lowest BCUT2D eigenvalue weighted by molar-refractivity contribution is 0.0946. The zero-order valence-corrected chi connectivity index (χ0v) is 9.99. The van der Waals surface area contributed by atoms with E-state index in [1.165, 1.54) is 23.3 Å². The zero-order chi connectivity index (χ0) is 13.8. The van der Waals surface area contributed by atoms with Crippen LogP contribution < -0.4 is 16.6 Å². The third-order valence-electron chi connectivity index (χ3n) is 2.21. The number of amides is 2. The molecule has 0 fully saturated rings. The van der Waals surface area contributed by atoms with Gasteiger partial charge in [0, 0.05) is 13.2 Å². The Bertz CT molecular complexity index is 622. The second kappa shape index (κ2) is 5.23. The summed E-state index contributed by atoms with van der Waals surface area (Å²) in [6.45, 7) is 0. The van der Waals surface area contributed by atoms with Crippen molar-refractivity contribution in [3.8, 4) is 0 Å². The van der Waals surface area contributed by atoms with Gasteiger partial charge in [0.1, 0.15) is 5.69 Å². The van der Waals surface area contributed by atoms with E-state index >= 15 is 0 Å². The molecule has 2 heterocycles. The van der Waals surface area contributed by atoms with E-state index in [9.17, 15) is 9.59 Å². The van der Waals surface area contributed by atoms with Crippen LogP contribution in [0.25, 0.3) is 0 Å². The quantitative estimate of drug-likeness (QED) is 0.372. The van der Waals surface area contributed by atoms with Crippen LogP contribution in [-0.2, 0) is 7.05 Å². The summed E-state index contributed by atoms with van der Waals surface area (Å²) in [4.78, 5) is 30.8. The normalized spacial score (nSPS) is 10.0. The van der Waals surface area contributed by atoms with Crippen molar-refractivity contribution in [2.75, 3.05) is 5.32 Å². The van der Waals surface area contributed by atoms with Gasteiger partial charge in [-0.2, -0.15) is 5.10 Å². The molecule has 0 saturated heterocycles. The summed E-state index contributed by atoms with van der Waals surface area (Å²) < 4.78 is 1.50. The van der Waals surface area contributed by atoms with Gasteiger partial charge in [0.15, 0.2) is 5.82 Å². The first-order valence-corrected chi connectivity index (χ1v) is 5.23. The molecule has 0 unspecified atom stereocenters. The number of nitrogen functional groups attached to an aromatic ring is 1. The molecule has 0 radical (unpaired) electrons. The Morgan fingerprint density at radius 3 is 2.68 bits per heavy atom. The maximum Gasteiger partial charge on any atom is 0.285 e. The highest BCUT2D eigenvalue weighted by molar-refractivity contribution is 6.03. The number of aromatic nitrogens is 4. The number of nitrogens with one attached hydrogen (secondary N) is 2. The van der Waals surface area contributed by atoms with Crippen molar-refractivity contribution in [1.29, 1.82) is 0 Å². The van der Waals surface area contributed by atoms with Gasteiger partial charge in [-0.25, -0.2) is 10.8 Å². The van der Waals surface area contributed by atoms with Crippen molar-refractivity contribution in [3.63, 3.8) is 0 Å². The smallest absolute Gasteiger partial charge is 0.285 e. The van der Waals surface area contributed by atoms with Crippen LogP contribution in [0.4, 0.5) is 5.82 Å². The van der Waals surface area contributed by atoms with Crippen LogP contribution in [0.3, 0.4) is 0 Å². The fourth-order valence-electron chi connectivity index (χ4n) is 1.34. The maximum absolute atomic E-state index is 11.8. The fourth-order valence-corrected chi connectivity index (χ4v) is 1.34. The van der Waals surface area contributed by atoms with Crippen molar-refractivity contribution in [2.24, 2.45) is 12.9 Å². The minimum atomic E-state index is -0.593. The van der Waals surface area contributed by atoms with Crippen LogP contribution in [0.5, 0.6) is 0 Å². The number of nitrogens with zero attached hydrogens (tertiary/aromatic N) is 4. The summed E-state index contributed by atoms with van der Waals surface area (Å²) in [6.07, 6.45) is 5.53. The van der Waals surface area contributed by atoms with Crippen LogP contribution in [-0.4, -0.2) is 31.6 Å². The zero-order valence-electron chi connectivity index (χ0n) is 9.99. The van der Waals surface area contributed by atoms with Crippen molar-refractivity contribution in [1.82, 2.24) is 25.2 Å². The van der Waals surface area contributed by atoms with Crippen molar-refractivity contribution in [2.45, 2.75) is 0 Å². The first kappa shape index (κ1) is 12.6. The summed E-state index contributed by atoms with van der Waals surface area (Å²) in [5, 5.41) is 6.38. The molecule has 2 rings (SSSR count). The number of aryl methyl sites for hydroxylation is 1. The lowest BCUT2D eigenvalue weighted by Gasteiger charge is -2.03. The van der Waals surface area contributed by atoms with E-state index < -0.39 is 11.8 Å². The molecule has 98 valence electrons. The van der Waals surface area contributed by atoms with Crippen LogP contribution in [0, 0.1) is 0 Å². The molecule has 2 aromatic rings. The van der Waals surface area contributed by atoms with Gasteiger partial charge < -0.3 is 5.32 Å². The number of rotatable bonds is 3. The standard InChI is InChI=1S/C10H11N7O2/c1-17-5-6(2-13-17)9(18)15-8-4-12-3-7(14-8)10(19)16-11/h2-5H,11H2,1H3,(H,16,19)(H,14,15,18). The number of carbonyl (C=O) groups is 2. The SMILES string of the molecule is Cn1cc(C(=O)Nc2cncc(C(=O)NN)n2)cn1. The molecule has 0 aromatic carbocycles. The van der Waals surface area contributed by atoms with Gasteiger partial charge in [-0.1, -0.05) is 0 Å². The van der Waals surface area contributed by atoms with Gasteiger partial charge in [-0.3, -0.25) is 24.7 Å². The van der Waals surface area contributed by atoms with Gasteiger partial charge in [-0.15, -0.1) is 0 Å². The van der Waals surface area contributed by atoms with Crippen molar-refractivity contribution < 1.29 is 9.59 Å². The molecule has 9 nitrogen and oxygen atoms in total. The predicted octanol–water partition coefficient (Wildman–Crippen LogP) is -0.934. The molecule has 19 heavy (non-hydrogen) atoms. The molecule has 0 aliphatic rings. The van der Waals surface area contributed by atoms with Crippen LogP contribution in [0.15, 0.2) is 24.8 Å². The van der Waals surface area contributed by atoms with E-state index in [0.717, 1.165) is 0 Å². The van der Waals surface area contributed by atoms with Gasteiger partial charge in [0.2, 0.25) is 0 Å². The minimum Gasteiger partial charge on any atom is -0.305 e. The Morgan fingerprint density at radius 2 is 2.05 bits per heavy atom. The highest BCUT2D eigenvalue weighted by Crippen LogP contribution is 2.05. The highest BCUT2D eigenvalue weighted by atomic mass is 16.2. The Morgan fingerprint density at radius 1 is 1.26 bits per heavy atom. The molecular weight excluding hydrogens is 250 g/mol. The van der Waals surface area contributed by atoms with Crippen molar-refractivity contribution >= 4 is 17.6 Å². The third kappa shape index (κ3) is 2.90. The highest BCUT2D eigenvalue weighted by Gasteiger charge is 2.11. The third-order valence-corrected chi connectivity index (χ3v) is 2.21. The summed E-state index contributed by atoms with van der Waals surface area (Å²) in [5.41, 5.74) is 2.31. The average Bonchev–Trinajstić information content (AvgIpc) is 2.85. The van der Waals surface area contributed by atoms with Crippen LogP contribution in [0.1, 0.15) is 20.8 Å². The van der Waals surface area contributed by atoms with E-state index in [4.69, 9.17) is 5.84 Å². The number of hydrazine groups is 1. The lowest BCUT2D eigenvalue weighted by atomic mass is 10.3. The van der Waals surface area contributed by atoms with E-state index in [1.807, 2.05) is 5.43 Å². The van der Waals surface area contributed by atoms with E-state index in [-0.39, 0.29) is 11.5 Å². The number of hydrogen-bond acceptors (Lipinski definition) is 6. The summed E-state index contributed by atoms with van der Waals surface area (Å²) in [7, 11) is 1.70. The monoisotopic (exact) mass is 261 g/mol. The van der Waals surface area contributed by atoms with Crippen LogP contribution in [0.2, 0.25) is 0 Å². The molecule has 4 N–H and O–H groups in total.